The molecule has 2 nitrogen and oxygen atoms in total. The molecule has 2 heteroatoms. The molecule has 1 N–H and O–H groups in total. The smallest absolute Gasteiger partial charge is 0.153 e. The lowest BCUT2D eigenvalue weighted by Crippen LogP contribution is -2.05. The number of aliphatic hydroxyl groups is 1. The van der Waals surface area contributed by atoms with Gasteiger partial charge in [0.15, 0.2) is 6.29 Å². The summed E-state index contributed by atoms with van der Waals surface area (Å²) in [5.41, 5.74) is 0. The Morgan fingerprint density at radius 2 is 2.33 bits per heavy atom. The molecule has 0 amide bonds. The monoisotopic (exact) mass is 90.1 g/mol. The van der Waals surface area contributed by atoms with E-state index >= 15 is 0 Å². The van der Waals surface area contributed by atoms with Crippen molar-refractivity contribution in [2.24, 2.45) is 0 Å². The standard InChI is InChI=1S/C4H10O2/c1-3-4(5)6-2/h4-5H,3H2,1-2H3/t4-/m1/s1. The van der Waals surface area contributed by atoms with Gasteiger partial charge in [0.05, 0.1) is 0 Å². The molecule has 6 heavy (non-hydrogen) atoms. The van der Waals surface area contributed by atoms with Crippen LogP contribution in [0, 0.1) is 0 Å². The zero-order valence-electron chi connectivity index (χ0n) is 4.14. The van der Waals surface area contributed by atoms with Gasteiger partial charge in [0.2, 0.25) is 0 Å². The molecule has 0 unspecified atom stereocenters. The van der Waals surface area contributed by atoms with Crippen molar-refractivity contribution < 1.29 is 9.84 Å². The van der Waals surface area contributed by atoms with Crippen LogP contribution in [0.3, 0.4) is 0 Å². The molecule has 0 heterocycles. The Kier molecular flexibility index (Phi) is 3.08. The van der Waals surface area contributed by atoms with Crippen molar-refractivity contribution in [2.75, 3.05) is 7.11 Å². The van der Waals surface area contributed by atoms with E-state index in [-0.39, 0.29) is 0 Å². The highest BCUT2D eigenvalue weighted by Crippen LogP contribution is 1.85. The van der Waals surface area contributed by atoms with E-state index in [4.69, 9.17) is 5.11 Å². The minimum absolute atomic E-state index is 0.565. The average Bonchev–Trinajstić information content (AvgIpc) is 1.65. The Hall–Kier alpha value is -0.0800. The fourth-order valence-electron chi connectivity index (χ4n) is 0.167. The summed E-state index contributed by atoms with van der Waals surface area (Å²) in [4.78, 5) is 0. The highest BCUT2D eigenvalue weighted by Gasteiger charge is 1.90. The molecule has 0 saturated heterocycles. The Labute approximate surface area is 37.7 Å². The molecule has 0 rings (SSSR count). The molecule has 0 radical (unpaired) electrons. The number of hydrogen-bond donors (Lipinski definition) is 1. The van der Waals surface area contributed by atoms with Crippen molar-refractivity contribution in [2.45, 2.75) is 19.6 Å². The van der Waals surface area contributed by atoms with Crippen molar-refractivity contribution in [3.05, 3.63) is 0 Å². The molecule has 0 fully saturated rings. The molecule has 0 aromatic carbocycles. The Morgan fingerprint density at radius 3 is 2.33 bits per heavy atom. The average molecular weight is 90.1 g/mol. The van der Waals surface area contributed by atoms with Crippen LogP contribution in [0.1, 0.15) is 13.3 Å². The van der Waals surface area contributed by atoms with Crippen LogP contribution in [-0.2, 0) is 4.74 Å². The first-order chi connectivity index (χ1) is 2.81. The van der Waals surface area contributed by atoms with Crippen LogP contribution in [0.25, 0.3) is 0 Å². The largest absolute Gasteiger partial charge is 0.368 e. The Balaban J connectivity index is 2.75. The summed E-state index contributed by atoms with van der Waals surface area (Å²) in [6.45, 7) is 1.86. The predicted molar refractivity (Wildman–Crippen MR) is 23.3 cm³/mol. The van der Waals surface area contributed by atoms with Gasteiger partial charge in [-0.2, -0.15) is 0 Å². The lowest BCUT2D eigenvalue weighted by molar-refractivity contribution is -0.0748. The van der Waals surface area contributed by atoms with E-state index < -0.39 is 6.29 Å². The predicted octanol–water partition coefficient (Wildman–Crippen LogP) is 0.361. The highest BCUT2D eigenvalue weighted by atomic mass is 16.6. The third kappa shape index (κ3) is 2.18. The summed E-state index contributed by atoms with van der Waals surface area (Å²) >= 11 is 0. The van der Waals surface area contributed by atoms with Crippen molar-refractivity contribution in [3.8, 4) is 0 Å². The molecule has 0 aliphatic rings. The number of ether oxygens (including phenoxy) is 1. The molecule has 0 aromatic rings. The maximum absolute atomic E-state index is 8.44. The van der Waals surface area contributed by atoms with E-state index in [1.165, 1.54) is 7.11 Å². The maximum atomic E-state index is 8.44. The van der Waals surface area contributed by atoms with Crippen LogP contribution in [0.2, 0.25) is 0 Å². The zero-order valence-corrected chi connectivity index (χ0v) is 4.14. The SMILES string of the molecule is CC[C@H](O)OC. The first-order valence-corrected chi connectivity index (χ1v) is 2.02. The summed E-state index contributed by atoms with van der Waals surface area (Å²) in [6, 6.07) is 0. The summed E-state index contributed by atoms with van der Waals surface area (Å²) in [5.74, 6) is 0. The van der Waals surface area contributed by atoms with Crippen molar-refractivity contribution >= 4 is 0 Å². The summed E-state index contributed by atoms with van der Waals surface area (Å²) in [7, 11) is 1.48. The molecule has 0 aromatic heterocycles. The maximum Gasteiger partial charge on any atom is 0.153 e. The van der Waals surface area contributed by atoms with Crippen molar-refractivity contribution in [1.82, 2.24) is 0 Å². The Morgan fingerprint density at radius 1 is 1.83 bits per heavy atom. The molecule has 0 bridgehead atoms. The molecule has 1 atom stereocenters. The molecule has 0 aliphatic heterocycles. The number of rotatable bonds is 2. The van der Waals surface area contributed by atoms with Crippen LogP contribution in [0.4, 0.5) is 0 Å². The third-order valence-corrected chi connectivity index (χ3v) is 0.621. The van der Waals surface area contributed by atoms with E-state index in [0.29, 0.717) is 6.42 Å². The molecule has 38 valence electrons. The van der Waals surface area contributed by atoms with E-state index in [1.807, 2.05) is 6.92 Å². The lowest BCUT2D eigenvalue weighted by Gasteiger charge is -2.00. The van der Waals surface area contributed by atoms with E-state index in [2.05, 4.69) is 4.74 Å². The van der Waals surface area contributed by atoms with Crippen molar-refractivity contribution in [1.29, 1.82) is 0 Å². The lowest BCUT2D eigenvalue weighted by atomic mass is 10.5. The number of aliphatic hydroxyl groups excluding tert-OH is 1. The van der Waals surface area contributed by atoms with Crippen LogP contribution in [-0.4, -0.2) is 18.5 Å². The van der Waals surface area contributed by atoms with E-state index in [0.717, 1.165) is 0 Å². The zero-order chi connectivity index (χ0) is 4.99. The first-order valence-electron chi connectivity index (χ1n) is 2.02. The second-order valence-electron chi connectivity index (χ2n) is 1.10. The molecule has 0 saturated carbocycles. The molecule has 0 spiro atoms. The second kappa shape index (κ2) is 3.12. The normalized spacial score (nSPS) is 14.5. The van der Waals surface area contributed by atoms with Crippen LogP contribution >= 0.6 is 0 Å². The van der Waals surface area contributed by atoms with Crippen LogP contribution in [0.15, 0.2) is 0 Å². The summed E-state index contributed by atoms with van der Waals surface area (Å²) in [6.07, 6.45) is 0.0984. The Bertz CT molecular complexity index is 24.7. The van der Waals surface area contributed by atoms with Crippen molar-refractivity contribution in [3.63, 3.8) is 0 Å². The summed E-state index contributed by atoms with van der Waals surface area (Å²) < 4.78 is 4.45. The number of methoxy groups -OCH3 is 1. The third-order valence-electron chi connectivity index (χ3n) is 0.621. The van der Waals surface area contributed by atoms with Gasteiger partial charge in [-0.05, 0) is 6.42 Å². The van der Waals surface area contributed by atoms with Crippen LogP contribution in [0.5, 0.6) is 0 Å². The fraction of sp³-hybridized carbons (Fsp3) is 1.00. The summed E-state index contributed by atoms with van der Waals surface area (Å²) in [5, 5.41) is 8.44. The van der Waals surface area contributed by atoms with Gasteiger partial charge >= 0.3 is 0 Å². The van der Waals surface area contributed by atoms with Gasteiger partial charge in [-0.25, -0.2) is 0 Å². The number of hydrogen-bond acceptors (Lipinski definition) is 2. The minimum atomic E-state index is -0.565. The minimum Gasteiger partial charge on any atom is -0.368 e. The van der Waals surface area contributed by atoms with Crippen LogP contribution < -0.4 is 0 Å². The molecule has 0 aliphatic carbocycles. The topological polar surface area (TPSA) is 29.5 Å². The van der Waals surface area contributed by atoms with Gasteiger partial charge in [-0.15, -0.1) is 0 Å². The quantitative estimate of drug-likeness (QED) is 0.496. The van der Waals surface area contributed by atoms with Gasteiger partial charge in [-0.1, -0.05) is 6.92 Å². The highest BCUT2D eigenvalue weighted by molar-refractivity contribution is 4.26. The van der Waals surface area contributed by atoms with E-state index in [1.54, 1.807) is 0 Å². The van der Waals surface area contributed by atoms with Gasteiger partial charge in [0.25, 0.3) is 0 Å². The van der Waals surface area contributed by atoms with Gasteiger partial charge in [-0.3, -0.25) is 0 Å². The second-order valence-corrected chi connectivity index (χ2v) is 1.10. The fourth-order valence-corrected chi connectivity index (χ4v) is 0.167. The van der Waals surface area contributed by atoms with Gasteiger partial charge in [0, 0.05) is 7.11 Å². The van der Waals surface area contributed by atoms with E-state index in [9.17, 15) is 0 Å². The first kappa shape index (κ1) is 5.92. The molecular weight excluding hydrogens is 80.0 g/mol. The molecular formula is C4H10O2. The van der Waals surface area contributed by atoms with Gasteiger partial charge in [0.1, 0.15) is 0 Å². The van der Waals surface area contributed by atoms with Gasteiger partial charge < -0.3 is 9.84 Å².